The van der Waals surface area contributed by atoms with E-state index in [-0.39, 0.29) is 11.6 Å². The fourth-order valence-corrected chi connectivity index (χ4v) is 1.94. The minimum absolute atomic E-state index is 0.110. The molecule has 3 rings (SSSR count). The Kier molecular flexibility index (Phi) is 2.41. The summed E-state index contributed by atoms with van der Waals surface area (Å²) in [5, 5.41) is 10.5. The van der Waals surface area contributed by atoms with E-state index in [9.17, 15) is 9.50 Å². The van der Waals surface area contributed by atoms with Crippen molar-refractivity contribution >= 4 is 10.9 Å². The highest BCUT2D eigenvalue weighted by Gasteiger charge is 2.08. The number of nitrogens with zero attached hydrogens (tertiary/aromatic N) is 2. The zero-order chi connectivity index (χ0) is 12.5. The van der Waals surface area contributed by atoms with E-state index in [0.717, 1.165) is 16.5 Å². The van der Waals surface area contributed by atoms with E-state index in [0.29, 0.717) is 5.52 Å². The summed E-state index contributed by atoms with van der Waals surface area (Å²) >= 11 is 0. The van der Waals surface area contributed by atoms with Crippen LogP contribution in [0.4, 0.5) is 4.39 Å². The average Bonchev–Trinajstić information content (AvgIpc) is 2.41. The van der Waals surface area contributed by atoms with Crippen LogP contribution in [0.2, 0.25) is 0 Å². The van der Waals surface area contributed by atoms with Crippen molar-refractivity contribution in [3.63, 3.8) is 0 Å². The number of hydrogen-bond donors (Lipinski definition) is 1. The maximum absolute atomic E-state index is 12.9. The quantitative estimate of drug-likeness (QED) is 0.710. The topological polar surface area (TPSA) is 46.0 Å². The molecule has 0 spiro atoms. The molecule has 0 unspecified atom stereocenters. The predicted molar refractivity (Wildman–Crippen MR) is 66.6 cm³/mol. The first-order chi connectivity index (χ1) is 8.75. The molecule has 0 aliphatic carbocycles. The van der Waals surface area contributed by atoms with Gasteiger partial charge in [0.15, 0.2) is 0 Å². The lowest BCUT2D eigenvalue weighted by molar-refractivity contribution is 0.480. The molecule has 0 amide bonds. The molecule has 0 aliphatic rings. The van der Waals surface area contributed by atoms with E-state index in [4.69, 9.17) is 0 Å². The molecule has 0 aliphatic heterocycles. The van der Waals surface area contributed by atoms with Crippen molar-refractivity contribution in [1.82, 2.24) is 9.97 Å². The molecular formula is C14H9FN2O. The standard InChI is InChI=1S/C14H9FN2O/c15-10-3-1-9(2-4-10)11-5-6-13(18)14-12(11)7-16-8-17-14/h1-8,18H. The second-order valence-corrected chi connectivity index (χ2v) is 3.92. The van der Waals surface area contributed by atoms with Gasteiger partial charge in [-0.25, -0.2) is 14.4 Å². The van der Waals surface area contributed by atoms with Gasteiger partial charge in [-0.2, -0.15) is 0 Å². The van der Waals surface area contributed by atoms with Crippen LogP contribution in [0.25, 0.3) is 22.0 Å². The summed E-state index contributed by atoms with van der Waals surface area (Å²) in [6, 6.07) is 9.53. The number of rotatable bonds is 1. The summed E-state index contributed by atoms with van der Waals surface area (Å²) in [5.74, 6) is -0.170. The monoisotopic (exact) mass is 240 g/mol. The lowest BCUT2D eigenvalue weighted by atomic mass is 10.0. The zero-order valence-corrected chi connectivity index (χ0v) is 9.34. The van der Waals surface area contributed by atoms with Crippen molar-refractivity contribution in [1.29, 1.82) is 0 Å². The van der Waals surface area contributed by atoms with Crippen molar-refractivity contribution in [2.45, 2.75) is 0 Å². The van der Waals surface area contributed by atoms with Crippen LogP contribution in [0, 0.1) is 5.82 Å². The molecule has 18 heavy (non-hydrogen) atoms. The van der Waals surface area contributed by atoms with Crippen LogP contribution in [-0.4, -0.2) is 15.1 Å². The van der Waals surface area contributed by atoms with Gasteiger partial charge in [0.2, 0.25) is 0 Å². The molecule has 0 saturated carbocycles. The fourth-order valence-electron chi connectivity index (χ4n) is 1.94. The first-order valence-electron chi connectivity index (χ1n) is 5.43. The highest BCUT2D eigenvalue weighted by Crippen LogP contribution is 2.31. The largest absolute Gasteiger partial charge is 0.506 e. The maximum atomic E-state index is 12.9. The number of aromatic hydroxyl groups is 1. The average molecular weight is 240 g/mol. The van der Waals surface area contributed by atoms with Gasteiger partial charge in [0.1, 0.15) is 23.4 Å². The van der Waals surface area contributed by atoms with Gasteiger partial charge in [-0.3, -0.25) is 0 Å². The Bertz CT molecular complexity index is 711. The molecule has 0 fully saturated rings. The van der Waals surface area contributed by atoms with Gasteiger partial charge in [-0.1, -0.05) is 12.1 Å². The molecule has 4 heteroatoms. The van der Waals surface area contributed by atoms with Crippen LogP contribution in [0.3, 0.4) is 0 Å². The summed E-state index contributed by atoms with van der Waals surface area (Å²) in [6.07, 6.45) is 3.03. The lowest BCUT2D eigenvalue weighted by Gasteiger charge is -2.07. The van der Waals surface area contributed by atoms with E-state index in [2.05, 4.69) is 9.97 Å². The zero-order valence-electron chi connectivity index (χ0n) is 9.34. The first-order valence-corrected chi connectivity index (χ1v) is 5.43. The number of phenols is 1. The molecule has 0 radical (unpaired) electrons. The SMILES string of the molecule is Oc1ccc(-c2ccc(F)cc2)c2cncnc12. The third kappa shape index (κ3) is 1.68. The van der Waals surface area contributed by atoms with Gasteiger partial charge >= 0.3 is 0 Å². The van der Waals surface area contributed by atoms with Crippen molar-refractivity contribution in [3.8, 4) is 16.9 Å². The molecule has 1 N–H and O–H groups in total. The van der Waals surface area contributed by atoms with Crippen LogP contribution in [-0.2, 0) is 0 Å². The second kappa shape index (κ2) is 4.07. The van der Waals surface area contributed by atoms with Crippen molar-refractivity contribution in [2.24, 2.45) is 0 Å². The third-order valence-electron chi connectivity index (χ3n) is 2.81. The van der Waals surface area contributed by atoms with Gasteiger partial charge < -0.3 is 5.11 Å². The molecule has 1 heterocycles. The Hall–Kier alpha value is -2.49. The molecule has 0 saturated heterocycles. The van der Waals surface area contributed by atoms with E-state index in [1.165, 1.54) is 18.5 Å². The van der Waals surface area contributed by atoms with Crippen molar-refractivity contribution < 1.29 is 9.50 Å². The number of halogens is 1. The van der Waals surface area contributed by atoms with E-state index >= 15 is 0 Å². The Labute approximate surface area is 103 Å². The van der Waals surface area contributed by atoms with Gasteiger partial charge in [0, 0.05) is 11.6 Å². The molecule has 3 aromatic rings. The van der Waals surface area contributed by atoms with Gasteiger partial charge in [0.25, 0.3) is 0 Å². The third-order valence-corrected chi connectivity index (χ3v) is 2.81. The number of fused-ring (bicyclic) bond motifs is 1. The van der Waals surface area contributed by atoms with Crippen LogP contribution >= 0.6 is 0 Å². The number of hydrogen-bond acceptors (Lipinski definition) is 3. The highest BCUT2D eigenvalue weighted by molar-refractivity contribution is 5.97. The van der Waals surface area contributed by atoms with Crippen LogP contribution < -0.4 is 0 Å². The fraction of sp³-hybridized carbons (Fsp3) is 0. The minimum Gasteiger partial charge on any atom is -0.506 e. The second-order valence-electron chi connectivity index (χ2n) is 3.92. The molecule has 3 nitrogen and oxygen atoms in total. The maximum Gasteiger partial charge on any atom is 0.141 e. The normalized spacial score (nSPS) is 10.7. The summed E-state index contributed by atoms with van der Waals surface area (Å²) in [5.41, 5.74) is 2.21. The Morgan fingerprint density at radius 2 is 1.78 bits per heavy atom. The lowest BCUT2D eigenvalue weighted by Crippen LogP contribution is -1.86. The van der Waals surface area contributed by atoms with Crippen molar-refractivity contribution in [2.75, 3.05) is 0 Å². The van der Waals surface area contributed by atoms with Gasteiger partial charge in [-0.05, 0) is 35.4 Å². The molecule has 2 aromatic carbocycles. The van der Waals surface area contributed by atoms with E-state index in [1.54, 1.807) is 30.5 Å². The summed E-state index contributed by atoms with van der Waals surface area (Å²) < 4.78 is 12.9. The molecular weight excluding hydrogens is 231 g/mol. The Balaban J connectivity index is 2.30. The number of phenolic OH excluding ortho intramolecular Hbond substituents is 1. The predicted octanol–water partition coefficient (Wildman–Crippen LogP) is 3.14. The van der Waals surface area contributed by atoms with Crippen molar-refractivity contribution in [3.05, 3.63) is 54.7 Å². The molecule has 88 valence electrons. The number of benzene rings is 2. The first kappa shape index (κ1) is 10.7. The number of aromatic nitrogens is 2. The van der Waals surface area contributed by atoms with Crippen LogP contribution in [0.5, 0.6) is 5.75 Å². The highest BCUT2D eigenvalue weighted by atomic mass is 19.1. The van der Waals surface area contributed by atoms with Gasteiger partial charge in [0.05, 0.1) is 0 Å². The summed E-state index contributed by atoms with van der Waals surface area (Å²) in [6.45, 7) is 0. The van der Waals surface area contributed by atoms with Crippen LogP contribution in [0.1, 0.15) is 0 Å². The van der Waals surface area contributed by atoms with E-state index < -0.39 is 0 Å². The Morgan fingerprint density at radius 3 is 2.56 bits per heavy atom. The van der Waals surface area contributed by atoms with E-state index in [1.807, 2.05) is 0 Å². The molecule has 0 atom stereocenters. The molecule has 1 aromatic heterocycles. The van der Waals surface area contributed by atoms with Gasteiger partial charge in [-0.15, -0.1) is 0 Å². The summed E-state index contributed by atoms with van der Waals surface area (Å²) in [4.78, 5) is 8.01. The summed E-state index contributed by atoms with van der Waals surface area (Å²) in [7, 11) is 0. The van der Waals surface area contributed by atoms with Crippen LogP contribution in [0.15, 0.2) is 48.9 Å². The Morgan fingerprint density at radius 1 is 1.00 bits per heavy atom. The smallest absolute Gasteiger partial charge is 0.141 e. The molecule has 0 bridgehead atoms. The minimum atomic E-state index is -0.280.